The van der Waals surface area contributed by atoms with Crippen molar-refractivity contribution in [1.82, 2.24) is 0 Å². The molecule has 0 aliphatic heterocycles. The van der Waals surface area contributed by atoms with Gasteiger partial charge in [-0.15, -0.1) is 0 Å². The molecule has 0 aromatic heterocycles. The average molecular weight is 156 g/mol. The molecular weight excluding hydrogens is 140 g/mol. The fourth-order valence-corrected chi connectivity index (χ4v) is 1.94. The van der Waals surface area contributed by atoms with E-state index in [1.165, 1.54) is 6.42 Å². The molecule has 0 radical (unpaired) electrons. The maximum atomic E-state index is 9.68. The Kier molecular flexibility index (Phi) is 1.52. The molecule has 2 heteroatoms. The van der Waals surface area contributed by atoms with Gasteiger partial charge in [0.1, 0.15) is 0 Å². The van der Waals surface area contributed by atoms with E-state index in [2.05, 4.69) is 0 Å². The number of rotatable bonds is 3. The first-order chi connectivity index (χ1) is 5.18. The molecule has 0 heterocycles. The standard InChI is InChI=1S/C9H16O2/c1-11-9(3-2-4-9)7-8(10)5-6-8/h10H,2-7H2,1H3. The second-order valence-corrected chi connectivity index (χ2v) is 4.14. The molecule has 2 aliphatic carbocycles. The Balaban J connectivity index is 1.91. The lowest BCUT2D eigenvalue weighted by molar-refractivity contribution is -0.104. The summed E-state index contributed by atoms with van der Waals surface area (Å²) in [4.78, 5) is 0. The predicted molar refractivity (Wildman–Crippen MR) is 42.4 cm³/mol. The van der Waals surface area contributed by atoms with Crippen molar-refractivity contribution in [3.05, 3.63) is 0 Å². The number of hydrogen-bond donors (Lipinski definition) is 1. The Morgan fingerprint density at radius 1 is 1.27 bits per heavy atom. The van der Waals surface area contributed by atoms with Gasteiger partial charge >= 0.3 is 0 Å². The van der Waals surface area contributed by atoms with E-state index in [-0.39, 0.29) is 11.2 Å². The number of methoxy groups -OCH3 is 1. The summed E-state index contributed by atoms with van der Waals surface area (Å²) in [7, 11) is 1.77. The topological polar surface area (TPSA) is 29.5 Å². The monoisotopic (exact) mass is 156 g/mol. The summed E-state index contributed by atoms with van der Waals surface area (Å²) in [5.74, 6) is 0. The minimum absolute atomic E-state index is 0.0608. The predicted octanol–water partition coefficient (Wildman–Crippen LogP) is 1.47. The molecule has 2 nitrogen and oxygen atoms in total. The van der Waals surface area contributed by atoms with Gasteiger partial charge < -0.3 is 9.84 Å². The molecule has 0 unspecified atom stereocenters. The SMILES string of the molecule is COC1(CC2(O)CC2)CCC1. The molecule has 0 bridgehead atoms. The maximum absolute atomic E-state index is 9.68. The number of aliphatic hydroxyl groups is 1. The van der Waals surface area contributed by atoms with Gasteiger partial charge in [-0.2, -0.15) is 0 Å². The molecule has 1 N–H and O–H groups in total. The van der Waals surface area contributed by atoms with E-state index in [9.17, 15) is 5.11 Å². The van der Waals surface area contributed by atoms with Gasteiger partial charge in [-0.3, -0.25) is 0 Å². The van der Waals surface area contributed by atoms with Crippen LogP contribution >= 0.6 is 0 Å². The van der Waals surface area contributed by atoms with Crippen LogP contribution in [0.3, 0.4) is 0 Å². The second-order valence-electron chi connectivity index (χ2n) is 4.14. The lowest BCUT2D eigenvalue weighted by Crippen LogP contribution is -2.42. The normalized spacial score (nSPS) is 31.1. The van der Waals surface area contributed by atoms with E-state index in [0.717, 1.165) is 32.1 Å². The number of ether oxygens (including phenoxy) is 1. The summed E-state index contributed by atoms with van der Waals surface area (Å²) in [6.07, 6.45) is 6.40. The lowest BCUT2D eigenvalue weighted by atomic mass is 9.75. The van der Waals surface area contributed by atoms with Gasteiger partial charge in [0.25, 0.3) is 0 Å². The first-order valence-electron chi connectivity index (χ1n) is 4.46. The highest BCUT2D eigenvalue weighted by Gasteiger charge is 2.50. The van der Waals surface area contributed by atoms with Crippen molar-refractivity contribution < 1.29 is 9.84 Å². The zero-order valence-electron chi connectivity index (χ0n) is 7.10. The third-order valence-corrected chi connectivity index (χ3v) is 3.18. The molecule has 0 spiro atoms. The summed E-state index contributed by atoms with van der Waals surface area (Å²) < 4.78 is 5.43. The van der Waals surface area contributed by atoms with Crippen LogP contribution in [0.1, 0.15) is 38.5 Å². The molecule has 11 heavy (non-hydrogen) atoms. The molecule has 2 rings (SSSR count). The van der Waals surface area contributed by atoms with Crippen molar-refractivity contribution >= 4 is 0 Å². The lowest BCUT2D eigenvalue weighted by Gasteiger charge is -2.42. The molecule has 0 saturated heterocycles. The van der Waals surface area contributed by atoms with Crippen molar-refractivity contribution in [2.45, 2.75) is 49.7 Å². The maximum Gasteiger partial charge on any atom is 0.0706 e. The van der Waals surface area contributed by atoms with E-state index in [4.69, 9.17) is 4.74 Å². The van der Waals surface area contributed by atoms with Crippen LogP contribution in [0.4, 0.5) is 0 Å². The van der Waals surface area contributed by atoms with Gasteiger partial charge in [-0.25, -0.2) is 0 Å². The van der Waals surface area contributed by atoms with Gasteiger partial charge in [0, 0.05) is 13.5 Å². The second kappa shape index (κ2) is 2.20. The van der Waals surface area contributed by atoms with Crippen LogP contribution in [0, 0.1) is 0 Å². The summed E-state index contributed by atoms with van der Waals surface area (Å²) in [6.45, 7) is 0. The quantitative estimate of drug-likeness (QED) is 0.670. The average Bonchev–Trinajstić information content (AvgIpc) is 2.60. The third kappa shape index (κ3) is 1.30. The van der Waals surface area contributed by atoms with Gasteiger partial charge in [-0.1, -0.05) is 0 Å². The van der Waals surface area contributed by atoms with Crippen LogP contribution in [0.5, 0.6) is 0 Å². The molecule has 0 aromatic rings. The minimum Gasteiger partial charge on any atom is -0.390 e. The van der Waals surface area contributed by atoms with Gasteiger partial charge in [0.05, 0.1) is 11.2 Å². The molecule has 0 atom stereocenters. The molecule has 0 aromatic carbocycles. The Labute approximate surface area is 67.6 Å². The van der Waals surface area contributed by atoms with E-state index >= 15 is 0 Å². The van der Waals surface area contributed by atoms with Crippen LogP contribution < -0.4 is 0 Å². The fourth-order valence-electron chi connectivity index (χ4n) is 1.94. The van der Waals surface area contributed by atoms with E-state index in [1.54, 1.807) is 7.11 Å². The van der Waals surface area contributed by atoms with E-state index in [0.29, 0.717) is 0 Å². The Morgan fingerprint density at radius 2 is 1.91 bits per heavy atom. The van der Waals surface area contributed by atoms with Crippen LogP contribution in [-0.2, 0) is 4.74 Å². The first-order valence-corrected chi connectivity index (χ1v) is 4.46. The summed E-state index contributed by atoms with van der Waals surface area (Å²) >= 11 is 0. The van der Waals surface area contributed by atoms with Crippen LogP contribution in [-0.4, -0.2) is 23.4 Å². The summed E-state index contributed by atoms with van der Waals surface area (Å²) in [5.41, 5.74) is -0.276. The molecular formula is C9H16O2. The fraction of sp³-hybridized carbons (Fsp3) is 1.00. The van der Waals surface area contributed by atoms with Gasteiger partial charge in [0.2, 0.25) is 0 Å². The third-order valence-electron chi connectivity index (χ3n) is 3.18. The number of hydrogen-bond acceptors (Lipinski definition) is 2. The molecule has 0 amide bonds. The molecule has 2 aliphatic rings. The van der Waals surface area contributed by atoms with E-state index in [1.807, 2.05) is 0 Å². The van der Waals surface area contributed by atoms with Crippen molar-refractivity contribution in [3.63, 3.8) is 0 Å². The van der Waals surface area contributed by atoms with Crippen LogP contribution in [0.15, 0.2) is 0 Å². The largest absolute Gasteiger partial charge is 0.390 e. The summed E-state index contributed by atoms with van der Waals surface area (Å²) in [6, 6.07) is 0. The van der Waals surface area contributed by atoms with Crippen LogP contribution in [0.25, 0.3) is 0 Å². The highest BCUT2D eigenvalue weighted by Crippen LogP contribution is 2.49. The van der Waals surface area contributed by atoms with Crippen molar-refractivity contribution in [3.8, 4) is 0 Å². The smallest absolute Gasteiger partial charge is 0.0706 e. The van der Waals surface area contributed by atoms with Gasteiger partial charge in [-0.05, 0) is 32.1 Å². The highest BCUT2D eigenvalue weighted by atomic mass is 16.5. The van der Waals surface area contributed by atoms with Crippen molar-refractivity contribution in [1.29, 1.82) is 0 Å². The van der Waals surface area contributed by atoms with Crippen molar-refractivity contribution in [2.24, 2.45) is 0 Å². The Morgan fingerprint density at radius 3 is 2.18 bits per heavy atom. The Bertz CT molecular complexity index is 151. The minimum atomic E-state index is -0.337. The Hall–Kier alpha value is -0.0800. The summed E-state index contributed by atoms with van der Waals surface area (Å²) in [5, 5.41) is 9.68. The van der Waals surface area contributed by atoms with E-state index < -0.39 is 0 Å². The van der Waals surface area contributed by atoms with Crippen molar-refractivity contribution in [2.75, 3.05) is 7.11 Å². The van der Waals surface area contributed by atoms with Crippen LogP contribution in [0.2, 0.25) is 0 Å². The molecule has 2 saturated carbocycles. The first kappa shape index (κ1) is 7.56. The van der Waals surface area contributed by atoms with Gasteiger partial charge in [0.15, 0.2) is 0 Å². The highest BCUT2D eigenvalue weighted by molar-refractivity contribution is 5.03. The zero-order chi connectivity index (χ0) is 7.95. The zero-order valence-corrected chi connectivity index (χ0v) is 7.10. The molecule has 64 valence electrons. The molecule has 2 fully saturated rings.